The van der Waals surface area contributed by atoms with Crippen LogP contribution >= 0.6 is 0 Å². The standard InChI is InChI=1S/C19H32O3Si4.C10H13N3O3.4CH4/c1-23(20-24(2,3)4)21-26(22-25(5,6)7,18-14-10-8-11-15-18)19-16-12-9-13-17-19;1-4-6-12-8(14)11(3)9(15)13(7-5-2)10(12)16;;;;/h8-17,23H,1-7H3;4-5H,1-2,6-7H2,3H3;4*1H4. The van der Waals surface area contributed by atoms with Crippen LogP contribution in [0.4, 0.5) is 0 Å². The molecule has 3 aromatic rings. The van der Waals surface area contributed by atoms with Gasteiger partial charge in [0.1, 0.15) is 0 Å². The minimum absolute atomic E-state index is 0. The van der Waals surface area contributed by atoms with Crippen molar-refractivity contribution in [3.05, 3.63) is 117 Å². The average Bonchev–Trinajstić information content (AvgIpc) is 2.91. The van der Waals surface area contributed by atoms with Crippen molar-refractivity contribution in [2.24, 2.45) is 7.05 Å². The van der Waals surface area contributed by atoms with E-state index in [1.807, 2.05) is 12.1 Å². The maximum absolute atomic E-state index is 11.8. The molecule has 0 N–H and O–H groups in total. The third kappa shape index (κ3) is 13.1. The molecule has 0 aliphatic heterocycles. The summed E-state index contributed by atoms with van der Waals surface area (Å²) < 4.78 is 22.9. The van der Waals surface area contributed by atoms with Gasteiger partial charge in [0.25, 0.3) is 9.28 Å². The van der Waals surface area contributed by atoms with Gasteiger partial charge >= 0.3 is 25.6 Å². The van der Waals surface area contributed by atoms with Crippen LogP contribution < -0.4 is 27.4 Å². The van der Waals surface area contributed by atoms with Crippen LogP contribution in [0.5, 0.6) is 0 Å². The van der Waals surface area contributed by atoms with Gasteiger partial charge in [-0.25, -0.2) is 28.1 Å². The zero-order chi connectivity index (χ0) is 31.7. The highest BCUT2D eigenvalue weighted by atomic mass is 28.5. The minimum Gasteiger partial charge on any atom is -0.439 e. The normalized spacial score (nSPS) is 11.6. The maximum atomic E-state index is 11.8. The summed E-state index contributed by atoms with van der Waals surface area (Å²) in [6.45, 7) is 22.5. The van der Waals surface area contributed by atoms with E-state index in [0.29, 0.717) is 0 Å². The molecule has 0 aliphatic rings. The molecule has 3 rings (SSSR count). The molecular weight excluding hydrogens is 647 g/mol. The Hall–Kier alpha value is -2.92. The first-order chi connectivity index (χ1) is 19.6. The highest BCUT2D eigenvalue weighted by Gasteiger charge is 2.47. The molecule has 1 heterocycles. The van der Waals surface area contributed by atoms with Gasteiger partial charge in [0.2, 0.25) is 0 Å². The van der Waals surface area contributed by atoms with E-state index in [9.17, 15) is 14.4 Å². The fraction of sp³-hybridized carbons (Fsp3) is 0.424. The largest absolute Gasteiger partial charge is 0.439 e. The SMILES string of the molecule is C.C.C.C.C=CCn1c(=O)n(C)c(=O)n(CC=C)c1=O.C[SiH](O[Si](C)(C)C)O[Si](O[Si](C)(C)C)(c1ccccc1)c1ccccc1. The molecule has 0 amide bonds. The Labute approximate surface area is 283 Å². The van der Waals surface area contributed by atoms with Crippen molar-refractivity contribution in [2.75, 3.05) is 0 Å². The third-order valence-corrected chi connectivity index (χ3v) is 18.3. The van der Waals surface area contributed by atoms with Gasteiger partial charge in [0, 0.05) is 7.05 Å². The fourth-order valence-corrected chi connectivity index (χ4v) is 18.5. The van der Waals surface area contributed by atoms with Crippen LogP contribution in [0.1, 0.15) is 29.7 Å². The minimum atomic E-state index is -2.83. The molecule has 46 heavy (non-hydrogen) atoms. The molecule has 0 saturated carbocycles. The molecule has 0 aliphatic carbocycles. The smallest absolute Gasteiger partial charge is 0.387 e. The van der Waals surface area contributed by atoms with Crippen molar-refractivity contribution >= 4 is 44.9 Å². The summed E-state index contributed by atoms with van der Waals surface area (Å²) >= 11 is 0. The van der Waals surface area contributed by atoms with Crippen molar-refractivity contribution in [1.82, 2.24) is 13.7 Å². The van der Waals surface area contributed by atoms with E-state index in [2.05, 4.69) is 108 Å². The lowest BCUT2D eigenvalue weighted by atomic mass is 10.4. The lowest BCUT2D eigenvalue weighted by molar-refractivity contribution is 0.365. The topological polar surface area (TPSA) is 93.7 Å². The Balaban J connectivity index is -0.000000810. The number of hydrogen-bond acceptors (Lipinski definition) is 6. The summed E-state index contributed by atoms with van der Waals surface area (Å²) in [5.41, 5.74) is -1.93. The van der Waals surface area contributed by atoms with Crippen molar-refractivity contribution in [2.45, 2.75) is 88.6 Å². The van der Waals surface area contributed by atoms with E-state index >= 15 is 0 Å². The lowest BCUT2D eigenvalue weighted by Crippen LogP contribution is -2.68. The van der Waals surface area contributed by atoms with Gasteiger partial charge < -0.3 is 12.3 Å². The first kappa shape index (κ1) is 47.5. The number of allylic oxidation sites excluding steroid dienone is 2. The number of aromatic nitrogens is 3. The number of hydrogen-bond donors (Lipinski definition) is 0. The first-order valence-electron chi connectivity index (χ1n) is 13.9. The molecular formula is C33H61N3O6Si4. The van der Waals surface area contributed by atoms with E-state index in [-0.39, 0.29) is 42.8 Å². The van der Waals surface area contributed by atoms with Crippen molar-refractivity contribution < 1.29 is 12.3 Å². The van der Waals surface area contributed by atoms with Crippen molar-refractivity contribution in [3.63, 3.8) is 0 Å². The van der Waals surface area contributed by atoms with Crippen LogP contribution in [-0.2, 0) is 32.5 Å². The Bertz CT molecular complexity index is 1420. The molecule has 0 bridgehead atoms. The highest BCUT2D eigenvalue weighted by molar-refractivity contribution is 7.00. The van der Waals surface area contributed by atoms with Crippen LogP contribution in [0.3, 0.4) is 0 Å². The Morgan fingerprint density at radius 1 is 0.652 bits per heavy atom. The summed E-state index contributed by atoms with van der Waals surface area (Å²) in [7, 11) is -6.90. The second-order valence-electron chi connectivity index (χ2n) is 11.7. The average molecular weight is 708 g/mol. The van der Waals surface area contributed by atoms with Gasteiger partial charge in [0.15, 0.2) is 16.6 Å². The predicted octanol–water partition coefficient (Wildman–Crippen LogP) is 5.44. The molecule has 2 aromatic carbocycles. The van der Waals surface area contributed by atoms with Crippen LogP contribution in [0.2, 0.25) is 45.8 Å². The van der Waals surface area contributed by atoms with Gasteiger partial charge in [-0.3, -0.25) is 0 Å². The zero-order valence-electron chi connectivity index (χ0n) is 26.1. The molecule has 9 nitrogen and oxygen atoms in total. The first-order valence-corrected chi connectivity index (χ1v) is 24.6. The second kappa shape index (κ2) is 20.3. The Morgan fingerprint density at radius 3 is 1.33 bits per heavy atom. The monoisotopic (exact) mass is 707 g/mol. The number of nitrogens with zero attached hydrogens (tertiary/aromatic N) is 3. The lowest BCUT2D eigenvalue weighted by Gasteiger charge is -2.39. The predicted molar refractivity (Wildman–Crippen MR) is 208 cm³/mol. The molecule has 0 saturated heterocycles. The quantitative estimate of drug-likeness (QED) is 0.184. The Kier molecular flexibility index (Phi) is 21.0. The van der Waals surface area contributed by atoms with Gasteiger partial charge in [-0.2, -0.15) is 0 Å². The zero-order valence-corrected chi connectivity index (χ0v) is 30.3. The molecule has 1 unspecified atom stereocenters. The van der Waals surface area contributed by atoms with E-state index < -0.39 is 51.5 Å². The second-order valence-corrected chi connectivity index (χ2v) is 26.4. The van der Waals surface area contributed by atoms with Crippen LogP contribution in [0, 0.1) is 0 Å². The molecule has 13 heteroatoms. The summed E-state index contributed by atoms with van der Waals surface area (Å²) in [5, 5.41) is 2.32. The molecule has 1 atom stereocenters. The van der Waals surface area contributed by atoms with Crippen molar-refractivity contribution in [3.8, 4) is 0 Å². The Morgan fingerprint density at radius 2 is 1.02 bits per heavy atom. The maximum Gasteiger partial charge on any atom is 0.387 e. The highest BCUT2D eigenvalue weighted by Crippen LogP contribution is 2.19. The van der Waals surface area contributed by atoms with Crippen LogP contribution in [0.15, 0.2) is 100 Å². The summed E-state index contributed by atoms with van der Waals surface area (Å²) in [6, 6.07) is 21.0. The molecule has 260 valence electrons. The van der Waals surface area contributed by atoms with Crippen molar-refractivity contribution in [1.29, 1.82) is 0 Å². The van der Waals surface area contributed by atoms with Gasteiger partial charge in [-0.05, 0) is 56.2 Å². The van der Waals surface area contributed by atoms with Gasteiger partial charge in [-0.15, -0.1) is 13.2 Å². The molecule has 0 radical (unpaired) electrons. The third-order valence-electron chi connectivity index (χ3n) is 5.73. The summed E-state index contributed by atoms with van der Waals surface area (Å²) in [6.07, 6.45) is 2.84. The number of benzene rings is 2. The van der Waals surface area contributed by atoms with E-state index in [1.165, 1.54) is 19.2 Å². The van der Waals surface area contributed by atoms with Crippen LogP contribution in [0.25, 0.3) is 0 Å². The van der Waals surface area contributed by atoms with Gasteiger partial charge in [-0.1, -0.05) is 103 Å². The van der Waals surface area contributed by atoms with Gasteiger partial charge in [0.05, 0.1) is 13.1 Å². The summed E-state index contributed by atoms with van der Waals surface area (Å²) in [4.78, 5) is 35.0. The van der Waals surface area contributed by atoms with E-state index in [0.717, 1.165) is 24.1 Å². The molecule has 0 spiro atoms. The molecule has 1 aromatic heterocycles. The van der Waals surface area contributed by atoms with E-state index in [1.54, 1.807) is 0 Å². The fourth-order valence-electron chi connectivity index (χ4n) is 4.27. The number of rotatable bonds is 12. The molecule has 0 fully saturated rings. The van der Waals surface area contributed by atoms with E-state index in [4.69, 9.17) is 12.3 Å². The van der Waals surface area contributed by atoms with Crippen LogP contribution in [-0.4, -0.2) is 48.2 Å². The summed E-state index contributed by atoms with van der Waals surface area (Å²) in [5.74, 6) is 0.